The van der Waals surface area contributed by atoms with Crippen molar-refractivity contribution in [1.82, 2.24) is 0 Å². The smallest absolute Gasteiger partial charge is 0.238 e. The van der Waals surface area contributed by atoms with Crippen LogP contribution in [0.25, 0.3) is 6.08 Å². The Balaban J connectivity index is 1.47. The van der Waals surface area contributed by atoms with Crippen molar-refractivity contribution in [2.75, 3.05) is 4.90 Å². The highest BCUT2D eigenvalue weighted by Gasteiger charge is 2.36. The predicted molar refractivity (Wildman–Crippen MR) is 126 cm³/mol. The number of primary sulfonamides is 1. The van der Waals surface area contributed by atoms with Gasteiger partial charge in [0, 0.05) is 15.6 Å². The first kappa shape index (κ1) is 22.7. The maximum absolute atomic E-state index is 11.3. The van der Waals surface area contributed by atoms with Gasteiger partial charge in [0.2, 0.25) is 10.0 Å². The highest BCUT2D eigenvalue weighted by Crippen LogP contribution is 2.41. The first-order chi connectivity index (χ1) is 15.2. The van der Waals surface area contributed by atoms with E-state index >= 15 is 0 Å². The van der Waals surface area contributed by atoms with Crippen molar-refractivity contribution in [2.45, 2.75) is 16.7 Å². The van der Waals surface area contributed by atoms with E-state index in [-0.39, 0.29) is 4.90 Å². The van der Waals surface area contributed by atoms with E-state index in [0.29, 0.717) is 27.1 Å². The average molecular weight is 491 g/mol. The molecule has 1 aliphatic heterocycles. The minimum atomic E-state index is -3.75. The van der Waals surface area contributed by atoms with Crippen LogP contribution >= 0.6 is 23.4 Å². The Bertz CT molecular complexity index is 1250. The van der Waals surface area contributed by atoms with Crippen LogP contribution in [-0.2, 0) is 10.0 Å². The number of halogens is 1. The van der Waals surface area contributed by atoms with Gasteiger partial charge < -0.3 is 19.8 Å². The molecule has 166 valence electrons. The quantitative estimate of drug-likeness (QED) is 0.496. The lowest BCUT2D eigenvalue weighted by Gasteiger charge is -2.25. The maximum Gasteiger partial charge on any atom is 0.238 e. The van der Waals surface area contributed by atoms with Crippen LogP contribution in [-0.4, -0.2) is 30.4 Å². The van der Waals surface area contributed by atoms with E-state index < -0.39 is 21.8 Å². The number of ether oxygens (including phenoxy) is 1. The Hall–Kier alpha value is -2.53. The summed E-state index contributed by atoms with van der Waals surface area (Å²) in [5.74, 6) is 1.02. The number of sulfonamides is 1. The number of aliphatic hydroxyl groups is 2. The van der Waals surface area contributed by atoms with Crippen LogP contribution in [0, 0.1) is 0 Å². The summed E-state index contributed by atoms with van der Waals surface area (Å²) in [5.41, 5.74) is 0.479. The number of hydrogen-bond acceptors (Lipinski definition) is 7. The van der Waals surface area contributed by atoms with Crippen LogP contribution in [0.15, 0.2) is 82.6 Å². The molecule has 2 atom stereocenters. The van der Waals surface area contributed by atoms with Gasteiger partial charge in [0.15, 0.2) is 11.8 Å². The minimum absolute atomic E-state index is 0.00782. The number of nitrogens with two attached hydrogens (primary N) is 1. The molecule has 1 heterocycles. The summed E-state index contributed by atoms with van der Waals surface area (Å²) in [6.07, 6.45) is 0.773. The Kier molecular flexibility index (Phi) is 6.47. The summed E-state index contributed by atoms with van der Waals surface area (Å²) in [6.45, 7) is 0. The van der Waals surface area contributed by atoms with Gasteiger partial charge in [0.1, 0.15) is 11.5 Å². The fraction of sp³-hybridized carbons (Fsp3) is 0.0909. The van der Waals surface area contributed by atoms with E-state index in [4.69, 9.17) is 21.5 Å². The summed E-state index contributed by atoms with van der Waals surface area (Å²) in [4.78, 5) is 2.07. The van der Waals surface area contributed by atoms with Crippen molar-refractivity contribution in [3.05, 3.63) is 88.3 Å². The second kappa shape index (κ2) is 9.14. The molecule has 0 bridgehead atoms. The molecule has 0 aliphatic carbocycles. The van der Waals surface area contributed by atoms with Crippen LogP contribution in [0.3, 0.4) is 0 Å². The maximum atomic E-state index is 11.3. The second-order valence-electron chi connectivity index (χ2n) is 6.94. The number of hydrogen-bond donors (Lipinski definition) is 3. The third-order valence-corrected chi connectivity index (χ3v) is 6.88. The van der Waals surface area contributed by atoms with Gasteiger partial charge in [0.05, 0.1) is 4.90 Å². The number of nitrogens with zero attached hydrogens (tertiary/aromatic N) is 1. The SMILES string of the molecule is NS(=O)(=O)c1ccc(Oc2ccc(/C=C3\SC(O)N(c4cccc(Cl)c4)C3O)cc2)cc1. The average Bonchev–Trinajstić information content (AvgIpc) is 3.02. The lowest BCUT2D eigenvalue weighted by atomic mass is 10.2. The minimum Gasteiger partial charge on any atom is -0.457 e. The van der Waals surface area contributed by atoms with Crippen LogP contribution in [0.1, 0.15) is 5.56 Å². The molecular weight excluding hydrogens is 472 g/mol. The van der Waals surface area contributed by atoms with Gasteiger partial charge in [0.25, 0.3) is 0 Å². The number of benzene rings is 3. The molecule has 1 saturated heterocycles. The molecule has 0 radical (unpaired) electrons. The van der Waals surface area contributed by atoms with Crippen molar-refractivity contribution in [1.29, 1.82) is 0 Å². The normalized spacial score (nSPS) is 20.0. The van der Waals surface area contributed by atoms with E-state index in [9.17, 15) is 18.6 Å². The van der Waals surface area contributed by atoms with Crippen LogP contribution < -0.4 is 14.8 Å². The summed E-state index contributed by atoms with van der Waals surface area (Å²) < 4.78 is 28.4. The topological polar surface area (TPSA) is 113 Å². The molecule has 4 N–H and O–H groups in total. The highest BCUT2D eigenvalue weighted by atomic mass is 35.5. The van der Waals surface area contributed by atoms with Gasteiger partial charge in [-0.25, -0.2) is 13.6 Å². The van der Waals surface area contributed by atoms with Crippen molar-refractivity contribution < 1.29 is 23.4 Å². The Labute approximate surface area is 194 Å². The van der Waals surface area contributed by atoms with Gasteiger partial charge >= 0.3 is 0 Å². The van der Waals surface area contributed by atoms with Crippen molar-refractivity contribution in [3.63, 3.8) is 0 Å². The van der Waals surface area contributed by atoms with Crippen LogP contribution in [0.4, 0.5) is 5.69 Å². The van der Waals surface area contributed by atoms with E-state index in [2.05, 4.69) is 0 Å². The van der Waals surface area contributed by atoms with Gasteiger partial charge in [-0.05, 0) is 66.2 Å². The largest absolute Gasteiger partial charge is 0.457 e. The summed E-state index contributed by atoms with van der Waals surface area (Å²) >= 11 is 7.18. The Morgan fingerprint density at radius 1 is 1.00 bits per heavy atom. The number of rotatable bonds is 5. The fourth-order valence-electron chi connectivity index (χ4n) is 3.14. The number of aliphatic hydroxyl groups excluding tert-OH is 2. The molecular formula is C22H19ClN2O5S2. The van der Waals surface area contributed by atoms with E-state index in [1.807, 2.05) is 12.1 Å². The van der Waals surface area contributed by atoms with Gasteiger partial charge in [-0.2, -0.15) is 0 Å². The lowest BCUT2D eigenvalue weighted by molar-refractivity contribution is 0.167. The molecule has 1 aliphatic rings. The first-order valence-corrected chi connectivity index (χ1v) is 12.2. The standard InChI is InChI=1S/C22H19ClN2O5S2/c23-15-2-1-3-16(13-15)25-21(26)20(31-22(25)27)12-14-4-6-17(7-5-14)30-18-8-10-19(11-9-18)32(24,28)29/h1-13,21-22,26-27H,(H2,24,28,29)/b20-12-. The highest BCUT2D eigenvalue weighted by molar-refractivity contribution is 8.04. The summed E-state index contributed by atoms with van der Waals surface area (Å²) in [6, 6.07) is 19.8. The second-order valence-corrected chi connectivity index (χ2v) is 10.1. The molecule has 10 heteroatoms. The molecule has 0 aromatic heterocycles. The zero-order valence-corrected chi connectivity index (χ0v) is 18.9. The molecule has 7 nitrogen and oxygen atoms in total. The zero-order chi connectivity index (χ0) is 22.9. The number of anilines is 1. The van der Waals surface area contributed by atoms with Crippen LogP contribution in [0.5, 0.6) is 11.5 Å². The lowest BCUT2D eigenvalue weighted by Crippen LogP contribution is -2.35. The molecule has 1 fully saturated rings. The Morgan fingerprint density at radius 3 is 2.22 bits per heavy atom. The molecule has 32 heavy (non-hydrogen) atoms. The van der Waals surface area contributed by atoms with Crippen molar-refractivity contribution in [3.8, 4) is 11.5 Å². The zero-order valence-electron chi connectivity index (χ0n) is 16.5. The van der Waals surface area contributed by atoms with Gasteiger partial charge in [-0.1, -0.05) is 41.6 Å². The third-order valence-electron chi connectivity index (χ3n) is 4.68. The third kappa shape index (κ3) is 5.09. The monoisotopic (exact) mass is 490 g/mol. The fourth-order valence-corrected chi connectivity index (χ4v) is 4.87. The van der Waals surface area contributed by atoms with Gasteiger partial charge in [-0.3, -0.25) is 0 Å². The van der Waals surface area contributed by atoms with Gasteiger partial charge in [-0.15, -0.1) is 0 Å². The molecule has 0 spiro atoms. The molecule has 0 saturated carbocycles. The molecule has 0 amide bonds. The molecule has 2 unspecified atom stereocenters. The van der Waals surface area contributed by atoms with Crippen LogP contribution in [0.2, 0.25) is 5.02 Å². The van der Waals surface area contributed by atoms with Crippen molar-refractivity contribution in [2.24, 2.45) is 5.14 Å². The van der Waals surface area contributed by atoms with E-state index in [1.165, 1.54) is 29.2 Å². The van der Waals surface area contributed by atoms with Crippen molar-refractivity contribution >= 4 is 45.1 Å². The molecule has 3 aromatic carbocycles. The Morgan fingerprint density at radius 2 is 1.62 bits per heavy atom. The molecule has 3 aromatic rings. The number of thioether (sulfide) groups is 1. The summed E-state index contributed by atoms with van der Waals surface area (Å²) in [7, 11) is -3.75. The summed E-state index contributed by atoms with van der Waals surface area (Å²) in [5, 5.41) is 26.7. The van der Waals surface area contributed by atoms with E-state index in [1.54, 1.807) is 42.5 Å². The van der Waals surface area contributed by atoms with E-state index in [0.717, 1.165) is 17.3 Å². The first-order valence-electron chi connectivity index (χ1n) is 9.40. The molecule has 4 rings (SSSR count). The predicted octanol–water partition coefficient (Wildman–Crippen LogP) is 3.97.